The standard InChI is InChI=1S/2C9H10Cl2/c2*1-6(2)7-3-4-8(10)9(11)5-7/h2*3-6H,1-2H3. The summed E-state index contributed by atoms with van der Waals surface area (Å²) in [4.78, 5) is 0. The Bertz CT molecular complexity index is 563. The van der Waals surface area contributed by atoms with Gasteiger partial charge in [0.25, 0.3) is 0 Å². The van der Waals surface area contributed by atoms with E-state index in [1.165, 1.54) is 11.1 Å². The maximum atomic E-state index is 5.83. The van der Waals surface area contributed by atoms with Gasteiger partial charge in [0.2, 0.25) is 0 Å². The largest absolute Gasteiger partial charge is 0.0827 e. The molecule has 0 aliphatic rings. The molecular weight excluding hydrogens is 358 g/mol. The Morgan fingerprint density at radius 1 is 0.545 bits per heavy atom. The molecule has 0 aromatic heterocycles. The van der Waals surface area contributed by atoms with Gasteiger partial charge in [-0.25, -0.2) is 0 Å². The monoisotopic (exact) mass is 376 g/mol. The molecule has 120 valence electrons. The van der Waals surface area contributed by atoms with Crippen molar-refractivity contribution in [3.05, 3.63) is 67.6 Å². The van der Waals surface area contributed by atoms with E-state index in [-0.39, 0.29) is 0 Å². The summed E-state index contributed by atoms with van der Waals surface area (Å²) in [5, 5.41) is 2.52. The molecule has 2 rings (SSSR count). The SMILES string of the molecule is CC(C)c1ccc(Cl)c(Cl)c1.CC(C)c1ccc(Cl)c(Cl)c1. The van der Waals surface area contributed by atoms with Gasteiger partial charge in [0.05, 0.1) is 20.1 Å². The van der Waals surface area contributed by atoms with Crippen LogP contribution in [0.5, 0.6) is 0 Å². The van der Waals surface area contributed by atoms with Gasteiger partial charge in [0, 0.05) is 0 Å². The van der Waals surface area contributed by atoms with Gasteiger partial charge in [-0.1, -0.05) is 86.2 Å². The first-order chi connectivity index (χ1) is 10.2. The minimum atomic E-state index is 0.504. The van der Waals surface area contributed by atoms with Crippen LogP contribution in [0.4, 0.5) is 0 Å². The second-order valence-corrected chi connectivity index (χ2v) is 7.29. The highest BCUT2D eigenvalue weighted by atomic mass is 35.5. The molecule has 0 nitrogen and oxygen atoms in total. The van der Waals surface area contributed by atoms with Crippen LogP contribution in [0.15, 0.2) is 36.4 Å². The molecule has 0 unspecified atom stereocenters. The number of rotatable bonds is 2. The van der Waals surface area contributed by atoms with Crippen molar-refractivity contribution in [2.45, 2.75) is 39.5 Å². The van der Waals surface area contributed by atoms with Gasteiger partial charge < -0.3 is 0 Å². The Balaban J connectivity index is 0.000000220. The van der Waals surface area contributed by atoms with Crippen LogP contribution in [-0.2, 0) is 0 Å². The third-order valence-corrected chi connectivity index (χ3v) is 4.70. The van der Waals surface area contributed by atoms with Crippen LogP contribution < -0.4 is 0 Å². The van der Waals surface area contributed by atoms with Crippen LogP contribution in [0, 0.1) is 0 Å². The number of halogens is 4. The van der Waals surface area contributed by atoms with Gasteiger partial charge in [-0.05, 0) is 47.2 Å². The van der Waals surface area contributed by atoms with Crippen LogP contribution in [0.3, 0.4) is 0 Å². The molecule has 4 heteroatoms. The number of hydrogen-bond donors (Lipinski definition) is 0. The van der Waals surface area contributed by atoms with E-state index in [4.69, 9.17) is 46.4 Å². The summed E-state index contributed by atoms with van der Waals surface area (Å²) in [5.41, 5.74) is 2.44. The highest BCUT2D eigenvalue weighted by Crippen LogP contribution is 2.26. The molecule has 2 aromatic carbocycles. The number of benzene rings is 2. The zero-order valence-corrected chi connectivity index (χ0v) is 16.2. The van der Waals surface area contributed by atoms with E-state index in [9.17, 15) is 0 Å². The first-order valence-corrected chi connectivity index (χ1v) is 8.63. The lowest BCUT2D eigenvalue weighted by molar-refractivity contribution is 0.867. The Kier molecular flexibility index (Phi) is 8.07. The van der Waals surface area contributed by atoms with Crippen molar-refractivity contribution < 1.29 is 0 Å². The summed E-state index contributed by atoms with van der Waals surface area (Å²) in [7, 11) is 0. The van der Waals surface area contributed by atoms with Crippen molar-refractivity contribution in [2.75, 3.05) is 0 Å². The molecule has 0 bridgehead atoms. The van der Waals surface area contributed by atoms with E-state index in [0.29, 0.717) is 31.9 Å². The smallest absolute Gasteiger partial charge is 0.0595 e. The first kappa shape index (κ1) is 19.6. The molecule has 0 heterocycles. The minimum absolute atomic E-state index is 0.504. The Morgan fingerprint density at radius 3 is 1.09 bits per heavy atom. The molecule has 0 saturated carbocycles. The van der Waals surface area contributed by atoms with Gasteiger partial charge in [0.15, 0.2) is 0 Å². The Morgan fingerprint density at radius 2 is 0.864 bits per heavy atom. The van der Waals surface area contributed by atoms with Crippen molar-refractivity contribution in [1.82, 2.24) is 0 Å². The lowest BCUT2D eigenvalue weighted by Crippen LogP contribution is -1.85. The van der Waals surface area contributed by atoms with Gasteiger partial charge >= 0.3 is 0 Å². The second kappa shape index (κ2) is 9.03. The van der Waals surface area contributed by atoms with Crippen LogP contribution in [0.2, 0.25) is 20.1 Å². The predicted octanol–water partition coefficient (Wildman–Crippen LogP) is 8.23. The highest BCUT2D eigenvalue weighted by molar-refractivity contribution is 6.42. The summed E-state index contributed by atoms with van der Waals surface area (Å²) in [5.74, 6) is 1.01. The van der Waals surface area contributed by atoms with E-state index in [1.54, 1.807) is 0 Å². The fraction of sp³-hybridized carbons (Fsp3) is 0.333. The average molecular weight is 378 g/mol. The van der Waals surface area contributed by atoms with Crippen LogP contribution in [-0.4, -0.2) is 0 Å². The Hall–Kier alpha value is -0.400. The fourth-order valence-corrected chi connectivity index (χ4v) is 2.36. The van der Waals surface area contributed by atoms with E-state index in [1.807, 2.05) is 36.4 Å². The van der Waals surface area contributed by atoms with Crippen molar-refractivity contribution in [1.29, 1.82) is 0 Å². The molecule has 2 aromatic rings. The summed E-state index contributed by atoms with van der Waals surface area (Å²) in [6.07, 6.45) is 0. The third kappa shape index (κ3) is 6.01. The van der Waals surface area contributed by atoms with Crippen molar-refractivity contribution in [3.8, 4) is 0 Å². The molecule has 0 spiro atoms. The quantitative estimate of drug-likeness (QED) is 0.494. The molecule has 22 heavy (non-hydrogen) atoms. The maximum Gasteiger partial charge on any atom is 0.0595 e. The van der Waals surface area contributed by atoms with E-state index >= 15 is 0 Å². The normalized spacial score (nSPS) is 10.6. The predicted molar refractivity (Wildman–Crippen MR) is 101 cm³/mol. The fourth-order valence-electron chi connectivity index (χ4n) is 1.74. The van der Waals surface area contributed by atoms with Crippen molar-refractivity contribution in [3.63, 3.8) is 0 Å². The van der Waals surface area contributed by atoms with Crippen molar-refractivity contribution in [2.24, 2.45) is 0 Å². The summed E-state index contributed by atoms with van der Waals surface area (Å²) in [6, 6.07) is 11.5. The molecular formula is C18H20Cl4. The minimum Gasteiger partial charge on any atom is -0.0827 e. The van der Waals surface area contributed by atoms with Gasteiger partial charge in [-0.15, -0.1) is 0 Å². The molecule has 0 fully saturated rings. The third-order valence-electron chi connectivity index (χ3n) is 3.22. The van der Waals surface area contributed by atoms with Crippen LogP contribution in [0.25, 0.3) is 0 Å². The van der Waals surface area contributed by atoms with Gasteiger partial charge in [-0.2, -0.15) is 0 Å². The zero-order chi connectivity index (χ0) is 16.9. The molecule has 0 radical (unpaired) electrons. The molecule has 0 aliphatic carbocycles. The maximum absolute atomic E-state index is 5.83. The van der Waals surface area contributed by atoms with Crippen molar-refractivity contribution >= 4 is 46.4 Å². The number of hydrogen-bond acceptors (Lipinski definition) is 0. The van der Waals surface area contributed by atoms with E-state index in [2.05, 4.69) is 27.7 Å². The second-order valence-electron chi connectivity index (χ2n) is 5.66. The van der Waals surface area contributed by atoms with E-state index < -0.39 is 0 Å². The lowest BCUT2D eigenvalue weighted by Gasteiger charge is -2.05. The molecule has 0 atom stereocenters. The van der Waals surface area contributed by atoms with Gasteiger partial charge in [-0.3, -0.25) is 0 Å². The Labute approximate surface area is 153 Å². The molecule has 0 saturated heterocycles. The van der Waals surface area contributed by atoms with Gasteiger partial charge in [0.1, 0.15) is 0 Å². The van der Waals surface area contributed by atoms with E-state index in [0.717, 1.165) is 0 Å². The van der Waals surface area contributed by atoms with Crippen LogP contribution >= 0.6 is 46.4 Å². The first-order valence-electron chi connectivity index (χ1n) is 7.12. The summed E-state index contributed by atoms with van der Waals surface area (Å²) in [6.45, 7) is 8.50. The molecule has 0 aliphatic heterocycles. The van der Waals surface area contributed by atoms with Crippen LogP contribution in [0.1, 0.15) is 50.7 Å². The highest BCUT2D eigenvalue weighted by Gasteiger charge is 2.02. The zero-order valence-electron chi connectivity index (χ0n) is 13.1. The topological polar surface area (TPSA) is 0 Å². The average Bonchev–Trinajstić information content (AvgIpc) is 2.45. The summed E-state index contributed by atoms with van der Waals surface area (Å²) < 4.78 is 0. The lowest BCUT2D eigenvalue weighted by atomic mass is 10.0. The summed E-state index contributed by atoms with van der Waals surface area (Å²) >= 11 is 23.2. The molecule has 0 N–H and O–H groups in total. The molecule has 0 amide bonds.